The molecule has 2 aromatic heterocycles. The SMILES string of the molecule is Nc1cc(Cl)c(Cl)cc1Oc1cc2n[nH]c(=O)n2cn1. The van der Waals surface area contributed by atoms with Gasteiger partial charge in [0.1, 0.15) is 6.33 Å². The van der Waals surface area contributed by atoms with Crippen LogP contribution in [0.1, 0.15) is 0 Å². The van der Waals surface area contributed by atoms with Crippen LogP contribution >= 0.6 is 23.2 Å². The molecule has 3 N–H and O–H groups in total. The second kappa shape index (κ2) is 4.69. The van der Waals surface area contributed by atoms with Crippen molar-refractivity contribution in [2.45, 2.75) is 0 Å². The average Bonchev–Trinajstić information content (AvgIpc) is 2.77. The zero-order valence-corrected chi connectivity index (χ0v) is 11.3. The number of H-pyrrole nitrogens is 1. The average molecular weight is 312 g/mol. The predicted octanol–water partition coefficient (Wildman–Crippen LogP) is 2.10. The Balaban J connectivity index is 2.00. The number of rotatable bonds is 2. The number of hydrogen-bond acceptors (Lipinski definition) is 5. The Labute approximate surface area is 121 Å². The summed E-state index contributed by atoms with van der Waals surface area (Å²) < 4.78 is 6.75. The lowest BCUT2D eigenvalue weighted by Gasteiger charge is -2.08. The van der Waals surface area contributed by atoms with E-state index < -0.39 is 0 Å². The number of nitrogens with zero attached hydrogens (tertiary/aromatic N) is 3. The number of aromatic nitrogens is 4. The highest BCUT2D eigenvalue weighted by molar-refractivity contribution is 6.42. The van der Waals surface area contributed by atoms with Crippen LogP contribution in [0.4, 0.5) is 5.69 Å². The van der Waals surface area contributed by atoms with Crippen molar-refractivity contribution in [2.24, 2.45) is 0 Å². The maximum absolute atomic E-state index is 11.3. The van der Waals surface area contributed by atoms with Gasteiger partial charge in [-0.15, -0.1) is 0 Å². The molecule has 0 fully saturated rings. The van der Waals surface area contributed by atoms with E-state index in [0.717, 1.165) is 0 Å². The number of fused-ring (bicyclic) bond motifs is 1. The first-order valence-electron chi connectivity index (χ1n) is 5.40. The van der Waals surface area contributed by atoms with Crippen LogP contribution in [0.15, 0.2) is 29.3 Å². The minimum absolute atomic E-state index is 0.224. The van der Waals surface area contributed by atoms with Crippen LogP contribution in [0.5, 0.6) is 11.6 Å². The van der Waals surface area contributed by atoms with Gasteiger partial charge in [0.25, 0.3) is 0 Å². The number of nitrogens with two attached hydrogens (primary N) is 1. The third-order valence-electron chi connectivity index (χ3n) is 2.55. The van der Waals surface area contributed by atoms with E-state index in [2.05, 4.69) is 15.2 Å². The van der Waals surface area contributed by atoms with Crippen LogP contribution in [-0.2, 0) is 0 Å². The molecule has 0 amide bonds. The molecule has 0 radical (unpaired) electrons. The molecule has 0 bridgehead atoms. The maximum atomic E-state index is 11.3. The van der Waals surface area contributed by atoms with Crippen molar-refractivity contribution in [3.63, 3.8) is 0 Å². The first-order valence-corrected chi connectivity index (χ1v) is 6.15. The van der Waals surface area contributed by atoms with Gasteiger partial charge in [0.2, 0.25) is 5.88 Å². The highest BCUT2D eigenvalue weighted by atomic mass is 35.5. The Morgan fingerprint density at radius 2 is 2.00 bits per heavy atom. The minimum Gasteiger partial charge on any atom is -0.437 e. The monoisotopic (exact) mass is 311 g/mol. The van der Waals surface area contributed by atoms with E-state index in [1.165, 1.54) is 28.9 Å². The fraction of sp³-hybridized carbons (Fsp3) is 0. The van der Waals surface area contributed by atoms with E-state index in [1.54, 1.807) is 0 Å². The molecule has 3 aromatic rings. The number of ether oxygens (including phenoxy) is 1. The van der Waals surface area contributed by atoms with Gasteiger partial charge in [-0.25, -0.2) is 19.3 Å². The summed E-state index contributed by atoms with van der Waals surface area (Å²) in [5, 5.41) is 6.74. The van der Waals surface area contributed by atoms with Crippen LogP contribution in [0.25, 0.3) is 5.65 Å². The van der Waals surface area contributed by atoms with Gasteiger partial charge >= 0.3 is 5.69 Å². The molecule has 0 unspecified atom stereocenters. The van der Waals surface area contributed by atoms with Gasteiger partial charge in [-0.05, 0) is 6.07 Å². The number of nitrogens with one attached hydrogen (secondary N) is 1. The summed E-state index contributed by atoms with van der Waals surface area (Å²) in [6, 6.07) is 4.46. The summed E-state index contributed by atoms with van der Waals surface area (Å²) in [7, 11) is 0. The fourth-order valence-corrected chi connectivity index (χ4v) is 1.92. The Morgan fingerprint density at radius 1 is 1.25 bits per heavy atom. The van der Waals surface area contributed by atoms with Crippen LogP contribution < -0.4 is 16.2 Å². The van der Waals surface area contributed by atoms with Crippen LogP contribution in [0.3, 0.4) is 0 Å². The number of halogens is 2. The van der Waals surface area contributed by atoms with Gasteiger partial charge in [-0.3, -0.25) is 0 Å². The summed E-state index contributed by atoms with van der Waals surface area (Å²) in [4.78, 5) is 15.3. The Morgan fingerprint density at radius 3 is 2.80 bits per heavy atom. The molecule has 0 spiro atoms. The number of anilines is 1. The topological polar surface area (TPSA) is 98.3 Å². The van der Waals surface area contributed by atoms with Crippen molar-refractivity contribution in [1.29, 1.82) is 0 Å². The zero-order chi connectivity index (χ0) is 14.3. The molecule has 2 heterocycles. The summed E-state index contributed by atoms with van der Waals surface area (Å²) in [6.45, 7) is 0. The smallest absolute Gasteiger partial charge is 0.348 e. The number of benzene rings is 1. The van der Waals surface area contributed by atoms with E-state index in [4.69, 9.17) is 33.7 Å². The van der Waals surface area contributed by atoms with Crippen molar-refractivity contribution >= 4 is 34.5 Å². The lowest BCUT2D eigenvalue weighted by molar-refractivity contribution is 0.464. The maximum Gasteiger partial charge on any atom is 0.348 e. The van der Waals surface area contributed by atoms with Crippen molar-refractivity contribution in [3.8, 4) is 11.6 Å². The minimum atomic E-state index is -0.381. The molecule has 1 aromatic carbocycles. The molecular weight excluding hydrogens is 305 g/mol. The van der Waals surface area contributed by atoms with Crippen LogP contribution in [-0.4, -0.2) is 19.6 Å². The molecule has 0 aliphatic heterocycles. The molecule has 7 nitrogen and oxygen atoms in total. The standard InChI is InChI=1S/C11H7Cl2N5O2/c12-5-1-7(14)8(2-6(5)13)20-10-3-9-16-17-11(19)18(9)4-15-10/h1-4H,14H2,(H,17,19). The van der Waals surface area contributed by atoms with Crippen LogP contribution in [0.2, 0.25) is 10.0 Å². The first-order chi connectivity index (χ1) is 9.54. The summed E-state index contributed by atoms with van der Waals surface area (Å²) in [6.07, 6.45) is 1.30. The quantitative estimate of drug-likeness (QED) is 0.706. The fourth-order valence-electron chi connectivity index (χ4n) is 1.59. The van der Waals surface area contributed by atoms with Crippen molar-refractivity contribution < 1.29 is 4.74 Å². The molecule has 0 saturated heterocycles. The normalized spacial score (nSPS) is 10.9. The zero-order valence-electron chi connectivity index (χ0n) is 9.80. The number of hydrogen-bond donors (Lipinski definition) is 2. The van der Waals surface area contributed by atoms with Crippen LogP contribution in [0, 0.1) is 0 Å². The summed E-state index contributed by atoms with van der Waals surface area (Å²) in [5.41, 5.74) is 6.09. The highest BCUT2D eigenvalue weighted by Crippen LogP contribution is 2.34. The molecule has 0 aliphatic carbocycles. The lowest BCUT2D eigenvalue weighted by Crippen LogP contribution is -2.09. The first kappa shape index (κ1) is 12.8. The molecule has 9 heteroatoms. The van der Waals surface area contributed by atoms with Crippen molar-refractivity contribution in [1.82, 2.24) is 19.6 Å². The third kappa shape index (κ3) is 2.17. The largest absolute Gasteiger partial charge is 0.437 e. The third-order valence-corrected chi connectivity index (χ3v) is 3.27. The van der Waals surface area contributed by atoms with Gasteiger partial charge in [-0.1, -0.05) is 23.2 Å². The second-order valence-corrected chi connectivity index (χ2v) is 4.70. The second-order valence-electron chi connectivity index (χ2n) is 3.89. The van der Waals surface area contributed by atoms with Crippen molar-refractivity contribution in [3.05, 3.63) is 45.1 Å². The van der Waals surface area contributed by atoms with E-state index in [0.29, 0.717) is 27.1 Å². The Hall–Kier alpha value is -2.25. The summed E-state index contributed by atoms with van der Waals surface area (Å²) >= 11 is 11.7. The molecule has 0 saturated carbocycles. The molecule has 20 heavy (non-hydrogen) atoms. The number of aromatic amines is 1. The van der Waals surface area contributed by atoms with Gasteiger partial charge in [0.15, 0.2) is 11.4 Å². The van der Waals surface area contributed by atoms with E-state index in [-0.39, 0.29) is 11.6 Å². The van der Waals surface area contributed by atoms with Gasteiger partial charge in [0.05, 0.1) is 15.7 Å². The van der Waals surface area contributed by atoms with E-state index in [9.17, 15) is 4.79 Å². The molecular formula is C11H7Cl2N5O2. The number of nitrogen functional groups attached to an aromatic ring is 1. The van der Waals surface area contributed by atoms with E-state index in [1.807, 2.05) is 0 Å². The molecule has 3 rings (SSSR count). The molecule has 102 valence electrons. The summed E-state index contributed by atoms with van der Waals surface area (Å²) in [5.74, 6) is 0.538. The Kier molecular flexibility index (Phi) is 3.00. The molecule has 0 aliphatic rings. The van der Waals surface area contributed by atoms with Crippen molar-refractivity contribution in [2.75, 3.05) is 5.73 Å². The Bertz CT molecular complexity index is 858. The highest BCUT2D eigenvalue weighted by Gasteiger charge is 2.09. The van der Waals surface area contributed by atoms with Gasteiger partial charge < -0.3 is 10.5 Å². The molecule has 0 atom stereocenters. The van der Waals surface area contributed by atoms with E-state index >= 15 is 0 Å². The lowest BCUT2D eigenvalue weighted by atomic mass is 10.3. The predicted molar refractivity (Wildman–Crippen MR) is 74.6 cm³/mol. The van der Waals surface area contributed by atoms with Gasteiger partial charge in [-0.2, -0.15) is 5.10 Å². The van der Waals surface area contributed by atoms with Gasteiger partial charge in [0, 0.05) is 12.1 Å².